The van der Waals surface area contributed by atoms with Crippen molar-refractivity contribution in [2.45, 2.75) is 18.6 Å². The lowest BCUT2D eigenvalue weighted by Gasteiger charge is -2.40. The highest BCUT2D eigenvalue weighted by atomic mass is 19.1. The van der Waals surface area contributed by atoms with Gasteiger partial charge in [-0.1, -0.05) is 54.6 Å². The van der Waals surface area contributed by atoms with E-state index in [1.807, 2.05) is 6.07 Å². The van der Waals surface area contributed by atoms with Crippen molar-refractivity contribution in [3.63, 3.8) is 0 Å². The Morgan fingerprint density at radius 2 is 1.29 bits per heavy atom. The summed E-state index contributed by atoms with van der Waals surface area (Å²) in [6, 6.07) is 21.4. The van der Waals surface area contributed by atoms with Crippen molar-refractivity contribution in [3.05, 3.63) is 107 Å². The first-order valence-corrected chi connectivity index (χ1v) is 11.4. The van der Waals surface area contributed by atoms with Gasteiger partial charge in [-0.15, -0.1) is 0 Å². The monoisotopic (exact) mass is 479 g/mol. The first-order chi connectivity index (χ1) is 16.9. The van der Waals surface area contributed by atoms with E-state index in [1.54, 1.807) is 53.4 Å². The van der Waals surface area contributed by atoms with Crippen LogP contribution in [0.15, 0.2) is 78.9 Å². The Morgan fingerprint density at radius 3 is 1.77 bits per heavy atom. The average Bonchev–Trinajstić information content (AvgIpc) is 2.87. The third-order valence-electron chi connectivity index (χ3n) is 6.19. The molecule has 2 N–H and O–H groups in total. The van der Waals surface area contributed by atoms with Crippen molar-refractivity contribution in [1.82, 2.24) is 9.80 Å². The minimum atomic E-state index is -0.932. The molecular weight excluding hydrogens is 452 g/mol. The van der Waals surface area contributed by atoms with E-state index in [2.05, 4.69) is 4.90 Å². The number of benzene rings is 3. The van der Waals surface area contributed by atoms with E-state index >= 15 is 0 Å². The molecule has 35 heavy (non-hydrogen) atoms. The molecule has 0 radical (unpaired) electrons. The Balaban J connectivity index is 1.46. The predicted molar refractivity (Wildman–Crippen MR) is 127 cm³/mol. The van der Waals surface area contributed by atoms with Gasteiger partial charge in [-0.25, -0.2) is 13.6 Å². The molecule has 1 unspecified atom stereocenters. The van der Waals surface area contributed by atoms with Crippen LogP contribution in [-0.2, 0) is 9.53 Å². The smallest absolute Gasteiger partial charge is 0.405 e. The molecule has 0 aliphatic carbocycles. The zero-order valence-electron chi connectivity index (χ0n) is 19.1. The van der Waals surface area contributed by atoms with Gasteiger partial charge < -0.3 is 15.4 Å². The van der Waals surface area contributed by atoms with Crippen LogP contribution in [0.25, 0.3) is 0 Å². The molecule has 0 aromatic heterocycles. The van der Waals surface area contributed by atoms with Crippen LogP contribution in [0.1, 0.15) is 35.3 Å². The highest BCUT2D eigenvalue weighted by Gasteiger charge is 2.30. The van der Waals surface area contributed by atoms with Crippen molar-refractivity contribution < 1.29 is 23.1 Å². The Bertz CT molecular complexity index is 1090. The summed E-state index contributed by atoms with van der Waals surface area (Å²) < 4.78 is 32.3. The molecule has 3 aromatic rings. The molecule has 3 aromatic carbocycles. The number of carbonyl (C=O) groups is 2. The lowest BCUT2D eigenvalue weighted by Crippen LogP contribution is -2.50. The summed E-state index contributed by atoms with van der Waals surface area (Å²) in [7, 11) is 0. The number of nitrogens with two attached hydrogens (primary N) is 1. The number of nitrogens with zero attached hydrogens (tertiary/aromatic N) is 2. The SMILES string of the molecule is NC(=O)OC(CC(=O)N1CCN(C(c2ccc(F)cc2)c2ccc(F)cc2)CC1)c1ccccc1. The van der Waals surface area contributed by atoms with Gasteiger partial charge in [-0.2, -0.15) is 0 Å². The molecule has 6 nitrogen and oxygen atoms in total. The number of halogens is 2. The first kappa shape index (κ1) is 24.3. The molecule has 1 atom stereocenters. The molecule has 2 amide bonds. The molecule has 1 heterocycles. The van der Waals surface area contributed by atoms with E-state index in [9.17, 15) is 18.4 Å². The quantitative estimate of drug-likeness (QED) is 0.544. The van der Waals surface area contributed by atoms with E-state index in [-0.39, 0.29) is 30.0 Å². The van der Waals surface area contributed by atoms with Gasteiger partial charge in [0, 0.05) is 26.2 Å². The van der Waals surface area contributed by atoms with E-state index in [0.717, 1.165) is 11.1 Å². The average molecular weight is 480 g/mol. The highest BCUT2D eigenvalue weighted by Crippen LogP contribution is 2.30. The van der Waals surface area contributed by atoms with Crippen LogP contribution in [-0.4, -0.2) is 48.0 Å². The molecule has 1 aliphatic heterocycles. The number of rotatable bonds is 7. The van der Waals surface area contributed by atoms with Crippen molar-refractivity contribution in [2.75, 3.05) is 26.2 Å². The van der Waals surface area contributed by atoms with E-state index in [1.165, 1.54) is 24.3 Å². The van der Waals surface area contributed by atoms with Crippen LogP contribution in [0, 0.1) is 11.6 Å². The van der Waals surface area contributed by atoms with Gasteiger partial charge in [-0.05, 0) is 41.0 Å². The summed E-state index contributed by atoms with van der Waals surface area (Å²) in [5.41, 5.74) is 7.70. The van der Waals surface area contributed by atoms with Gasteiger partial charge in [0.15, 0.2) is 0 Å². The Hall–Kier alpha value is -3.78. The molecule has 182 valence electrons. The summed E-state index contributed by atoms with van der Waals surface area (Å²) in [4.78, 5) is 28.4. The fraction of sp³-hybridized carbons (Fsp3) is 0.259. The highest BCUT2D eigenvalue weighted by molar-refractivity contribution is 5.77. The standard InChI is InChI=1S/C27H27F2N3O3/c28-22-10-6-20(7-11-22)26(21-8-12-23(29)13-9-21)32-16-14-31(15-17-32)25(33)18-24(35-27(30)34)19-4-2-1-3-5-19/h1-13,24,26H,14-18H2,(H2,30,34). The van der Waals surface area contributed by atoms with E-state index in [0.29, 0.717) is 31.7 Å². The second-order valence-corrected chi connectivity index (χ2v) is 8.46. The maximum Gasteiger partial charge on any atom is 0.405 e. The van der Waals surface area contributed by atoms with Gasteiger partial charge in [-0.3, -0.25) is 9.69 Å². The molecule has 0 bridgehead atoms. The third-order valence-corrected chi connectivity index (χ3v) is 6.19. The van der Waals surface area contributed by atoms with Crippen molar-refractivity contribution in [2.24, 2.45) is 5.73 Å². The summed E-state index contributed by atoms with van der Waals surface area (Å²) in [5.74, 6) is -0.791. The summed E-state index contributed by atoms with van der Waals surface area (Å²) in [5, 5.41) is 0. The summed E-state index contributed by atoms with van der Waals surface area (Å²) in [6.07, 6.45) is -1.70. The number of piperazine rings is 1. The van der Waals surface area contributed by atoms with E-state index in [4.69, 9.17) is 10.5 Å². The van der Waals surface area contributed by atoms with Crippen LogP contribution < -0.4 is 5.73 Å². The molecule has 4 rings (SSSR count). The van der Waals surface area contributed by atoms with Crippen LogP contribution in [0.3, 0.4) is 0 Å². The number of ether oxygens (including phenoxy) is 1. The van der Waals surface area contributed by atoms with Crippen LogP contribution in [0.2, 0.25) is 0 Å². The maximum absolute atomic E-state index is 13.5. The lowest BCUT2D eigenvalue weighted by atomic mass is 9.96. The van der Waals surface area contributed by atoms with Crippen LogP contribution in [0.5, 0.6) is 0 Å². The topological polar surface area (TPSA) is 75.9 Å². The van der Waals surface area contributed by atoms with Gasteiger partial charge in [0.25, 0.3) is 0 Å². The largest absolute Gasteiger partial charge is 0.441 e. The van der Waals surface area contributed by atoms with Crippen molar-refractivity contribution in [3.8, 4) is 0 Å². The van der Waals surface area contributed by atoms with Gasteiger partial charge >= 0.3 is 6.09 Å². The zero-order chi connectivity index (χ0) is 24.8. The fourth-order valence-electron chi connectivity index (χ4n) is 4.46. The predicted octanol–water partition coefficient (Wildman–Crippen LogP) is 4.43. The molecule has 1 aliphatic rings. The number of hydrogen-bond acceptors (Lipinski definition) is 4. The molecule has 1 saturated heterocycles. The summed E-state index contributed by atoms with van der Waals surface area (Å²) >= 11 is 0. The van der Waals surface area contributed by atoms with E-state index < -0.39 is 12.2 Å². The van der Waals surface area contributed by atoms with Gasteiger partial charge in [0.05, 0.1) is 12.5 Å². The minimum Gasteiger partial charge on any atom is -0.441 e. The molecule has 0 saturated carbocycles. The Morgan fingerprint density at radius 1 is 0.771 bits per heavy atom. The minimum absolute atomic E-state index is 0.00763. The molecule has 1 fully saturated rings. The van der Waals surface area contributed by atoms with Crippen molar-refractivity contribution >= 4 is 12.0 Å². The first-order valence-electron chi connectivity index (χ1n) is 11.4. The Kier molecular flexibility index (Phi) is 7.72. The van der Waals surface area contributed by atoms with Crippen molar-refractivity contribution in [1.29, 1.82) is 0 Å². The number of amides is 2. The Labute approximate surface area is 202 Å². The molecule has 0 spiro atoms. The number of hydrogen-bond donors (Lipinski definition) is 1. The van der Waals surface area contributed by atoms with Gasteiger partial charge in [0.1, 0.15) is 17.7 Å². The molecular formula is C27H27F2N3O3. The molecule has 8 heteroatoms. The number of primary amides is 1. The summed E-state index contributed by atoms with van der Waals surface area (Å²) in [6.45, 7) is 2.07. The third kappa shape index (κ3) is 6.22. The lowest BCUT2D eigenvalue weighted by molar-refractivity contribution is -0.135. The fourth-order valence-corrected chi connectivity index (χ4v) is 4.46. The second-order valence-electron chi connectivity index (χ2n) is 8.46. The maximum atomic E-state index is 13.5. The van der Waals surface area contributed by atoms with Gasteiger partial charge in [0.2, 0.25) is 5.91 Å². The normalized spacial score (nSPS) is 15.1. The zero-order valence-corrected chi connectivity index (χ0v) is 19.1. The van der Waals surface area contributed by atoms with Crippen LogP contribution >= 0.6 is 0 Å². The van der Waals surface area contributed by atoms with Crippen LogP contribution in [0.4, 0.5) is 13.6 Å². The second kappa shape index (κ2) is 11.1. The number of carbonyl (C=O) groups excluding carboxylic acids is 2.